The Morgan fingerprint density at radius 3 is 2.73 bits per heavy atom. The lowest BCUT2D eigenvalue weighted by Gasteiger charge is -2.34. The zero-order chi connectivity index (χ0) is 16.3. The van der Waals surface area contributed by atoms with Crippen molar-refractivity contribution in [3.05, 3.63) is 41.4 Å². The molecule has 0 aliphatic heterocycles. The number of aliphatic hydroxyl groups is 1. The third kappa shape index (κ3) is 3.80. The van der Waals surface area contributed by atoms with Crippen LogP contribution >= 0.6 is 27.5 Å². The van der Waals surface area contributed by atoms with Crippen molar-refractivity contribution in [2.75, 3.05) is 5.33 Å². The molecule has 5 nitrogen and oxygen atoms in total. The number of rotatable bonds is 6. The zero-order valence-corrected chi connectivity index (χ0v) is 15.0. The van der Waals surface area contributed by atoms with Crippen molar-refractivity contribution >= 4 is 27.5 Å². The van der Waals surface area contributed by atoms with E-state index in [4.69, 9.17) is 16.3 Å². The molecule has 2 unspecified atom stereocenters. The Hall–Kier alpha value is -1.11. The van der Waals surface area contributed by atoms with Gasteiger partial charge in [-0.2, -0.15) is 5.10 Å². The maximum atomic E-state index is 10.7. The number of aromatic nitrogens is 3. The average molecular weight is 389 g/mol. The fourth-order valence-corrected chi connectivity index (χ4v) is 2.51. The van der Waals surface area contributed by atoms with Gasteiger partial charge in [0, 0.05) is 15.8 Å². The Morgan fingerprint density at radius 1 is 1.45 bits per heavy atom. The fraction of sp³-hybridized carbons (Fsp3) is 0.467. The van der Waals surface area contributed by atoms with Crippen molar-refractivity contribution in [3.63, 3.8) is 0 Å². The third-order valence-electron chi connectivity index (χ3n) is 3.50. The monoisotopic (exact) mass is 387 g/mol. The van der Waals surface area contributed by atoms with E-state index in [9.17, 15) is 5.11 Å². The largest absolute Gasteiger partial charge is 0.466 e. The highest BCUT2D eigenvalue weighted by atomic mass is 79.9. The molecule has 0 amide bonds. The summed E-state index contributed by atoms with van der Waals surface area (Å²) >= 11 is 9.41. The number of halogens is 2. The number of hydrogen-bond acceptors (Lipinski definition) is 4. The van der Waals surface area contributed by atoms with E-state index >= 15 is 0 Å². The Labute approximate surface area is 143 Å². The molecule has 1 heterocycles. The molecule has 0 bridgehead atoms. The van der Waals surface area contributed by atoms with Gasteiger partial charge in [-0.1, -0.05) is 41.4 Å². The van der Waals surface area contributed by atoms with Crippen LogP contribution in [0, 0.1) is 12.3 Å². The van der Waals surface area contributed by atoms with Gasteiger partial charge in [-0.3, -0.25) is 0 Å². The van der Waals surface area contributed by atoms with E-state index in [1.54, 1.807) is 12.1 Å². The van der Waals surface area contributed by atoms with Gasteiger partial charge in [-0.05, 0) is 30.7 Å². The molecule has 22 heavy (non-hydrogen) atoms. The average Bonchev–Trinajstić information content (AvgIpc) is 3.00. The normalized spacial score (nSPS) is 14.6. The number of nitrogens with zero attached hydrogens (tertiary/aromatic N) is 3. The van der Waals surface area contributed by atoms with Crippen LogP contribution in [0.1, 0.15) is 25.6 Å². The Morgan fingerprint density at radius 2 is 2.18 bits per heavy atom. The summed E-state index contributed by atoms with van der Waals surface area (Å²) in [7, 11) is 0. The summed E-state index contributed by atoms with van der Waals surface area (Å²) in [6, 6.07) is 5.36. The van der Waals surface area contributed by atoms with Crippen LogP contribution in [0.15, 0.2) is 30.9 Å². The summed E-state index contributed by atoms with van der Waals surface area (Å²) in [6.45, 7) is 5.81. The number of benzene rings is 1. The summed E-state index contributed by atoms with van der Waals surface area (Å²) in [5, 5.41) is 16.1. The molecule has 1 N–H and O–H groups in total. The molecule has 2 rings (SSSR count). The number of aryl methyl sites for hydroxylation is 1. The molecule has 2 aromatic rings. The third-order valence-corrected chi connectivity index (χ3v) is 5.18. The van der Waals surface area contributed by atoms with Gasteiger partial charge in [0.15, 0.2) is 0 Å². The summed E-state index contributed by atoms with van der Waals surface area (Å²) in [5.74, 6) is 0.648. The van der Waals surface area contributed by atoms with Gasteiger partial charge in [0.05, 0.1) is 0 Å². The van der Waals surface area contributed by atoms with Crippen LogP contribution in [-0.4, -0.2) is 31.3 Å². The SMILES string of the molecule is Cc1cc(Cl)ccc1OC(C(O)C(C)(C)CBr)n1cncn1. The Kier molecular flexibility index (Phi) is 5.47. The van der Waals surface area contributed by atoms with E-state index in [-0.39, 0.29) is 0 Å². The van der Waals surface area contributed by atoms with Gasteiger partial charge >= 0.3 is 0 Å². The summed E-state index contributed by atoms with van der Waals surface area (Å²) in [4.78, 5) is 3.94. The summed E-state index contributed by atoms with van der Waals surface area (Å²) in [5.41, 5.74) is 0.484. The van der Waals surface area contributed by atoms with Crippen LogP contribution in [0.5, 0.6) is 5.75 Å². The molecule has 0 aliphatic carbocycles. The highest BCUT2D eigenvalue weighted by molar-refractivity contribution is 9.09. The van der Waals surface area contributed by atoms with E-state index in [1.807, 2.05) is 26.8 Å². The van der Waals surface area contributed by atoms with Crippen LogP contribution in [0.25, 0.3) is 0 Å². The van der Waals surface area contributed by atoms with Gasteiger partial charge in [0.2, 0.25) is 6.23 Å². The molecule has 0 aliphatic rings. The van der Waals surface area contributed by atoms with E-state index in [1.165, 1.54) is 17.3 Å². The van der Waals surface area contributed by atoms with Gasteiger partial charge < -0.3 is 9.84 Å². The summed E-state index contributed by atoms with van der Waals surface area (Å²) in [6.07, 6.45) is 1.47. The van der Waals surface area contributed by atoms with Crippen LogP contribution in [0.2, 0.25) is 5.02 Å². The molecule has 0 spiro atoms. The smallest absolute Gasteiger partial charge is 0.219 e. The van der Waals surface area contributed by atoms with Gasteiger partial charge in [0.25, 0.3) is 0 Å². The molecule has 1 aromatic carbocycles. The van der Waals surface area contributed by atoms with Crippen LogP contribution in [0.4, 0.5) is 0 Å². The second kappa shape index (κ2) is 6.98. The molecular weight excluding hydrogens is 370 g/mol. The first kappa shape index (κ1) is 17.2. The minimum Gasteiger partial charge on any atom is -0.466 e. The fourth-order valence-electron chi connectivity index (χ4n) is 1.95. The van der Waals surface area contributed by atoms with Gasteiger partial charge in [-0.15, -0.1) is 0 Å². The van der Waals surface area contributed by atoms with Crippen LogP contribution < -0.4 is 4.74 Å². The predicted octanol–water partition coefficient (Wildman–Crippen LogP) is 3.60. The molecule has 7 heteroatoms. The highest BCUT2D eigenvalue weighted by Gasteiger charge is 2.36. The van der Waals surface area contributed by atoms with Crippen LogP contribution in [-0.2, 0) is 0 Å². The topological polar surface area (TPSA) is 60.2 Å². The second-order valence-electron chi connectivity index (χ2n) is 5.86. The first-order chi connectivity index (χ1) is 10.3. The minimum atomic E-state index is -0.788. The van der Waals surface area contributed by atoms with Crippen LogP contribution in [0.3, 0.4) is 0 Å². The van der Waals surface area contributed by atoms with E-state index in [0.717, 1.165) is 5.56 Å². The lowest BCUT2D eigenvalue weighted by atomic mass is 9.88. The number of hydrogen-bond donors (Lipinski definition) is 1. The molecule has 0 fully saturated rings. The molecule has 0 saturated carbocycles. The lowest BCUT2D eigenvalue weighted by molar-refractivity contribution is -0.0713. The summed E-state index contributed by atoms with van der Waals surface area (Å²) < 4.78 is 7.54. The van der Waals surface area contributed by atoms with Crippen molar-refractivity contribution in [1.82, 2.24) is 14.8 Å². The Balaban J connectivity index is 2.33. The number of aliphatic hydroxyl groups excluding tert-OH is 1. The Bertz CT molecular complexity index is 619. The van der Waals surface area contributed by atoms with Crippen molar-refractivity contribution < 1.29 is 9.84 Å². The van der Waals surface area contributed by atoms with Crippen molar-refractivity contribution in [2.24, 2.45) is 5.41 Å². The molecule has 120 valence electrons. The number of alkyl halides is 1. The molecule has 0 saturated heterocycles. The molecular formula is C15H19BrClN3O2. The van der Waals surface area contributed by atoms with E-state index < -0.39 is 17.7 Å². The van der Waals surface area contributed by atoms with E-state index in [0.29, 0.717) is 16.1 Å². The quantitative estimate of drug-likeness (QED) is 0.768. The van der Waals surface area contributed by atoms with Gasteiger partial charge in [-0.25, -0.2) is 9.67 Å². The standard InChI is InChI=1S/C15H19BrClN3O2/c1-10-6-11(17)4-5-12(10)22-14(20-9-18-8-19-20)13(21)15(2,3)7-16/h4-6,8-9,13-14,21H,7H2,1-3H3. The maximum Gasteiger partial charge on any atom is 0.219 e. The molecule has 1 aromatic heterocycles. The first-order valence-corrected chi connectivity index (χ1v) is 8.36. The molecule has 0 radical (unpaired) electrons. The lowest BCUT2D eigenvalue weighted by Crippen LogP contribution is -2.41. The maximum absolute atomic E-state index is 10.7. The van der Waals surface area contributed by atoms with Crippen molar-refractivity contribution in [2.45, 2.75) is 33.1 Å². The van der Waals surface area contributed by atoms with Crippen molar-refractivity contribution in [1.29, 1.82) is 0 Å². The van der Waals surface area contributed by atoms with Gasteiger partial charge in [0.1, 0.15) is 24.5 Å². The molecule has 2 atom stereocenters. The second-order valence-corrected chi connectivity index (χ2v) is 6.86. The minimum absolute atomic E-state index is 0.406. The zero-order valence-electron chi connectivity index (χ0n) is 12.7. The first-order valence-electron chi connectivity index (χ1n) is 6.86. The van der Waals surface area contributed by atoms with E-state index in [2.05, 4.69) is 26.0 Å². The predicted molar refractivity (Wildman–Crippen MR) is 89.5 cm³/mol. The van der Waals surface area contributed by atoms with Crippen molar-refractivity contribution in [3.8, 4) is 5.75 Å². The highest BCUT2D eigenvalue weighted by Crippen LogP contribution is 2.33. The number of ether oxygens (including phenoxy) is 1.